The van der Waals surface area contributed by atoms with Gasteiger partial charge < -0.3 is 9.99 Å². The lowest BCUT2D eigenvalue weighted by atomic mass is 10.5. The lowest BCUT2D eigenvalue weighted by Gasteiger charge is -2.09. The molecule has 0 amide bonds. The third-order valence-electron chi connectivity index (χ3n) is 2.54. The van der Waals surface area contributed by atoms with Crippen molar-refractivity contribution in [1.82, 2.24) is 19.3 Å². The fraction of sp³-hybridized carbons (Fsp3) is 0.200. The smallest absolute Gasteiger partial charge is 0.244 e. The quantitative estimate of drug-likeness (QED) is 0.507. The van der Waals surface area contributed by atoms with Crippen molar-refractivity contribution in [2.24, 2.45) is 12.9 Å². The monoisotopic (exact) mass is 282 g/mol. The highest BCUT2D eigenvalue weighted by atomic mass is 32.2. The van der Waals surface area contributed by atoms with Gasteiger partial charge in [-0.3, -0.25) is 0 Å². The van der Waals surface area contributed by atoms with Crippen molar-refractivity contribution in [2.45, 2.75) is 11.4 Å². The average Bonchev–Trinajstić information content (AvgIpc) is 2.82. The summed E-state index contributed by atoms with van der Waals surface area (Å²) in [5.41, 5.74) is 2.26. The topological polar surface area (TPSA) is 115 Å². The van der Waals surface area contributed by atoms with Crippen LogP contribution in [-0.2, 0) is 23.6 Å². The van der Waals surface area contributed by atoms with Gasteiger partial charge in [-0.05, 0) is 12.1 Å². The van der Waals surface area contributed by atoms with Crippen molar-refractivity contribution < 1.29 is 8.42 Å². The molecule has 0 aromatic carbocycles. The van der Waals surface area contributed by atoms with Crippen LogP contribution in [0.25, 0.3) is 0 Å². The van der Waals surface area contributed by atoms with Gasteiger partial charge in [-0.25, -0.2) is 29.0 Å². The number of nitrogen functional groups attached to an aromatic ring is 1. The van der Waals surface area contributed by atoms with Crippen LogP contribution in [0.4, 0.5) is 5.82 Å². The lowest BCUT2D eigenvalue weighted by Crippen LogP contribution is -2.26. The zero-order chi connectivity index (χ0) is 13.9. The normalized spacial score (nSPS) is 11.5. The van der Waals surface area contributed by atoms with Gasteiger partial charge in [-0.1, -0.05) is 0 Å². The summed E-state index contributed by atoms with van der Waals surface area (Å²) < 4.78 is 28.4. The van der Waals surface area contributed by atoms with E-state index in [0.717, 1.165) is 0 Å². The maximum atomic E-state index is 12.1. The first kappa shape index (κ1) is 13.5. The molecule has 0 radical (unpaired) electrons. The number of nitrogens with one attached hydrogen (secondary N) is 2. The molecule has 102 valence electrons. The Balaban J connectivity index is 2.21. The number of nitrogens with zero attached hydrogens (tertiary/aromatic N) is 3. The van der Waals surface area contributed by atoms with Crippen molar-refractivity contribution >= 4 is 15.8 Å². The Bertz CT molecular complexity index is 666. The molecule has 9 heteroatoms. The Kier molecular flexibility index (Phi) is 3.79. The molecule has 8 nitrogen and oxygen atoms in total. The van der Waals surface area contributed by atoms with E-state index in [1.807, 2.05) is 0 Å². The van der Waals surface area contributed by atoms with Crippen LogP contribution in [0.3, 0.4) is 0 Å². The van der Waals surface area contributed by atoms with Crippen molar-refractivity contribution in [2.75, 3.05) is 5.43 Å². The first-order valence-corrected chi connectivity index (χ1v) is 6.90. The number of hydrogen-bond acceptors (Lipinski definition) is 6. The van der Waals surface area contributed by atoms with Gasteiger partial charge in [-0.2, -0.15) is 0 Å². The zero-order valence-corrected chi connectivity index (χ0v) is 11.1. The largest absolute Gasteiger partial charge is 0.337 e. The van der Waals surface area contributed by atoms with Crippen molar-refractivity contribution in [3.05, 3.63) is 36.5 Å². The highest BCUT2D eigenvalue weighted by Crippen LogP contribution is 2.16. The van der Waals surface area contributed by atoms with Crippen LogP contribution in [0.2, 0.25) is 0 Å². The van der Waals surface area contributed by atoms with Crippen LogP contribution in [-0.4, -0.2) is 23.0 Å². The highest BCUT2D eigenvalue weighted by molar-refractivity contribution is 7.89. The minimum Gasteiger partial charge on any atom is -0.337 e. The van der Waals surface area contributed by atoms with Gasteiger partial charge in [0.05, 0.1) is 6.54 Å². The number of hydrazine groups is 1. The molecule has 2 heterocycles. The summed E-state index contributed by atoms with van der Waals surface area (Å²) in [6.45, 7) is 0.0880. The fourth-order valence-electron chi connectivity index (χ4n) is 1.52. The SMILES string of the molecule is Cn1ccnc1CNS(=O)(=O)c1cccnc1NN. The second-order valence-electron chi connectivity index (χ2n) is 3.77. The maximum Gasteiger partial charge on any atom is 0.244 e. The molecule has 0 aliphatic heterocycles. The summed E-state index contributed by atoms with van der Waals surface area (Å²) in [5.74, 6) is 5.94. The summed E-state index contributed by atoms with van der Waals surface area (Å²) in [5, 5.41) is 0. The number of aromatic nitrogens is 3. The molecule has 0 bridgehead atoms. The minimum atomic E-state index is -3.70. The molecule has 0 atom stereocenters. The van der Waals surface area contributed by atoms with E-state index in [2.05, 4.69) is 20.1 Å². The van der Waals surface area contributed by atoms with Gasteiger partial charge in [-0.15, -0.1) is 0 Å². The van der Waals surface area contributed by atoms with Gasteiger partial charge >= 0.3 is 0 Å². The number of aryl methyl sites for hydroxylation is 1. The van der Waals surface area contributed by atoms with Crippen LogP contribution in [0, 0.1) is 0 Å². The van der Waals surface area contributed by atoms with Crippen LogP contribution in [0.5, 0.6) is 0 Å². The second-order valence-corrected chi connectivity index (χ2v) is 5.51. The Hall–Kier alpha value is -1.97. The molecule has 0 unspecified atom stereocenters. The van der Waals surface area contributed by atoms with Crippen LogP contribution >= 0.6 is 0 Å². The Morgan fingerprint density at radius 1 is 1.37 bits per heavy atom. The molecule has 4 N–H and O–H groups in total. The van der Waals surface area contributed by atoms with Crippen LogP contribution in [0.1, 0.15) is 5.82 Å². The minimum absolute atomic E-state index is 0.00768. The third-order valence-corrected chi connectivity index (χ3v) is 3.97. The fourth-order valence-corrected chi connectivity index (χ4v) is 2.62. The standard InChI is InChI=1S/C10H14N6O2S/c1-16-6-5-12-9(16)7-14-19(17,18)8-3-2-4-13-10(8)15-11/h2-6,14H,7,11H2,1H3,(H,13,15). The molecule has 0 saturated carbocycles. The number of pyridine rings is 1. The summed E-state index contributed by atoms with van der Waals surface area (Å²) in [6.07, 6.45) is 4.79. The summed E-state index contributed by atoms with van der Waals surface area (Å²) in [4.78, 5) is 7.88. The van der Waals surface area contributed by atoms with E-state index in [0.29, 0.717) is 5.82 Å². The van der Waals surface area contributed by atoms with E-state index < -0.39 is 10.0 Å². The van der Waals surface area contributed by atoms with Crippen molar-refractivity contribution in [3.8, 4) is 0 Å². The van der Waals surface area contributed by atoms with Crippen molar-refractivity contribution in [1.29, 1.82) is 0 Å². The van der Waals surface area contributed by atoms with E-state index in [4.69, 9.17) is 5.84 Å². The maximum absolute atomic E-state index is 12.1. The Morgan fingerprint density at radius 3 is 2.79 bits per heavy atom. The van der Waals surface area contributed by atoms with E-state index in [9.17, 15) is 8.42 Å². The molecule has 2 aromatic heterocycles. The molecule has 19 heavy (non-hydrogen) atoms. The number of sulfonamides is 1. The van der Waals surface area contributed by atoms with Gasteiger partial charge in [0.15, 0.2) is 5.82 Å². The van der Waals surface area contributed by atoms with E-state index in [1.165, 1.54) is 18.3 Å². The predicted molar refractivity (Wildman–Crippen MR) is 69.3 cm³/mol. The second kappa shape index (κ2) is 5.34. The summed E-state index contributed by atoms with van der Waals surface area (Å²) >= 11 is 0. The molecular weight excluding hydrogens is 268 g/mol. The summed E-state index contributed by atoms with van der Waals surface area (Å²) in [7, 11) is -1.92. The van der Waals surface area contributed by atoms with Crippen LogP contribution < -0.4 is 16.0 Å². The molecule has 0 aliphatic rings. The molecule has 0 saturated heterocycles. The van der Waals surface area contributed by atoms with Gasteiger partial charge in [0.25, 0.3) is 0 Å². The van der Waals surface area contributed by atoms with Gasteiger partial charge in [0.1, 0.15) is 10.7 Å². The predicted octanol–water partition coefficient (Wildman–Crippen LogP) is -0.421. The van der Waals surface area contributed by atoms with E-state index in [1.54, 1.807) is 24.0 Å². The zero-order valence-electron chi connectivity index (χ0n) is 10.2. The first-order chi connectivity index (χ1) is 9.04. The summed E-state index contributed by atoms with van der Waals surface area (Å²) in [6, 6.07) is 2.94. The third kappa shape index (κ3) is 2.89. The average molecular weight is 282 g/mol. The first-order valence-electron chi connectivity index (χ1n) is 5.42. The molecule has 0 spiro atoms. The van der Waals surface area contributed by atoms with Crippen molar-refractivity contribution in [3.63, 3.8) is 0 Å². The molecule has 2 aromatic rings. The van der Waals surface area contributed by atoms with E-state index in [-0.39, 0.29) is 17.3 Å². The number of rotatable bonds is 5. The molecule has 0 fully saturated rings. The molecule has 2 rings (SSSR count). The Labute approximate surface area is 110 Å². The molecule has 0 aliphatic carbocycles. The van der Waals surface area contributed by atoms with E-state index >= 15 is 0 Å². The number of hydrogen-bond donors (Lipinski definition) is 3. The Morgan fingerprint density at radius 2 is 2.16 bits per heavy atom. The number of nitrogens with two attached hydrogens (primary N) is 1. The lowest BCUT2D eigenvalue weighted by molar-refractivity contribution is 0.577. The number of anilines is 1. The van der Waals surface area contributed by atoms with Gasteiger partial charge in [0, 0.05) is 25.6 Å². The number of imidazole rings is 1. The molecular formula is C10H14N6O2S. The van der Waals surface area contributed by atoms with Gasteiger partial charge in [0.2, 0.25) is 10.0 Å². The van der Waals surface area contributed by atoms with Crippen LogP contribution in [0.15, 0.2) is 35.6 Å². The highest BCUT2D eigenvalue weighted by Gasteiger charge is 2.19.